The molecule has 1 saturated heterocycles. The topological polar surface area (TPSA) is 54.0 Å². The number of carbonyl (C=O) groups is 1. The fraction of sp³-hybridized carbons (Fsp3) is 0.455. The monoisotopic (exact) mass is 283 g/mol. The van der Waals surface area contributed by atoms with Crippen LogP contribution in [0.1, 0.15) is 12.1 Å². The van der Waals surface area contributed by atoms with Crippen molar-refractivity contribution in [3.8, 4) is 0 Å². The summed E-state index contributed by atoms with van der Waals surface area (Å²) in [5, 5.41) is 6.10. The molecule has 2 heterocycles. The fourth-order valence-corrected chi connectivity index (χ4v) is 2.17. The van der Waals surface area contributed by atoms with Crippen LogP contribution in [0.25, 0.3) is 0 Å². The molecule has 1 unspecified atom stereocenters. The van der Waals surface area contributed by atoms with E-state index in [-0.39, 0.29) is 11.8 Å². The Balaban J connectivity index is 2.05. The van der Waals surface area contributed by atoms with Crippen LogP contribution in [0.2, 0.25) is 0 Å². The number of nitrogens with zero attached hydrogens (tertiary/aromatic N) is 1. The molecule has 1 aliphatic rings. The lowest BCUT2D eigenvalue weighted by atomic mass is 10.1. The largest absolute Gasteiger partial charge is 0.324 e. The van der Waals surface area contributed by atoms with Crippen molar-refractivity contribution in [2.24, 2.45) is 5.92 Å². The van der Waals surface area contributed by atoms with Crippen LogP contribution >= 0.6 is 15.9 Å². The van der Waals surface area contributed by atoms with Crippen molar-refractivity contribution in [3.05, 3.63) is 22.4 Å². The minimum Gasteiger partial charge on any atom is -0.324 e. The number of aromatic nitrogens is 1. The Morgan fingerprint density at radius 3 is 3.06 bits per heavy atom. The average molecular weight is 284 g/mol. The summed E-state index contributed by atoms with van der Waals surface area (Å²) < 4.78 is 0.783. The molecule has 0 saturated carbocycles. The van der Waals surface area contributed by atoms with Gasteiger partial charge >= 0.3 is 0 Å². The van der Waals surface area contributed by atoms with Gasteiger partial charge in [0.15, 0.2) is 0 Å². The van der Waals surface area contributed by atoms with E-state index in [1.165, 1.54) is 0 Å². The highest BCUT2D eigenvalue weighted by Gasteiger charge is 2.22. The standard InChI is InChI=1S/C11H14BrN3O/c1-7-9(2-3-10(12)14-7)15-11(16)8-4-5-13-6-8/h2-3,8,13H,4-6H2,1H3,(H,15,16). The quantitative estimate of drug-likeness (QED) is 0.813. The van der Waals surface area contributed by atoms with Gasteiger partial charge in [-0.25, -0.2) is 4.98 Å². The van der Waals surface area contributed by atoms with Gasteiger partial charge in [-0.05, 0) is 48.0 Å². The van der Waals surface area contributed by atoms with Crippen molar-refractivity contribution < 1.29 is 4.79 Å². The summed E-state index contributed by atoms with van der Waals surface area (Å²) in [5.41, 5.74) is 1.62. The zero-order valence-corrected chi connectivity index (χ0v) is 10.7. The summed E-state index contributed by atoms with van der Waals surface area (Å²) in [6.45, 7) is 3.58. The maximum Gasteiger partial charge on any atom is 0.228 e. The molecule has 1 atom stereocenters. The van der Waals surface area contributed by atoms with Gasteiger partial charge in [-0.2, -0.15) is 0 Å². The number of hydrogen-bond acceptors (Lipinski definition) is 3. The predicted octanol–water partition coefficient (Wildman–Crippen LogP) is 1.70. The first-order valence-electron chi connectivity index (χ1n) is 5.31. The van der Waals surface area contributed by atoms with Crippen LogP contribution in [0.15, 0.2) is 16.7 Å². The van der Waals surface area contributed by atoms with Crippen molar-refractivity contribution in [3.63, 3.8) is 0 Å². The second-order valence-corrected chi connectivity index (χ2v) is 4.76. The van der Waals surface area contributed by atoms with Gasteiger partial charge in [0.2, 0.25) is 5.91 Å². The summed E-state index contributed by atoms with van der Waals surface area (Å²) in [5.74, 6) is 0.167. The first-order chi connectivity index (χ1) is 7.66. The highest BCUT2D eigenvalue weighted by atomic mass is 79.9. The van der Waals surface area contributed by atoms with Gasteiger partial charge in [-0.15, -0.1) is 0 Å². The van der Waals surface area contributed by atoms with Gasteiger partial charge < -0.3 is 10.6 Å². The van der Waals surface area contributed by atoms with Gasteiger partial charge in [-0.3, -0.25) is 4.79 Å². The lowest BCUT2D eigenvalue weighted by Crippen LogP contribution is -2.25. The van der Waals surface area contributed by atoms with Crippen molar-refractivity contribution >= 4 is 27.5 Å². The number of hydrogen-bond donors (Lipinski definition) is 2. The summed E-state index contributed by atoms with van der Waals surface area (Å²) in [6.07, 6.45) is 0.912. The molecule has 86 valence electrons. The highest BCUT2D eigenvalue weighted by molar-refractivity contribution is 9.10. The van der Waals surface area contributed by atoms with Crippen LogP contribution in [0.4, 0.5) is 5.69 Å². The molecule has 1 aromatic heterocycles. The third kappa shape index (κ3) is 2.59. The molecule has 4 nitrogen and oxygen atoms in total. The Hall–Kier alpha value is -0.940. The first kappa shape index (κ1) is 11.5. The van der Waals surface area contributed by atoms with E-state index in [1.54, 1.807) is 0 Å². The number of halogens is 1. The van der Waals surface area contributed by atoms with E-state index in [4.69, 9.17) is 0 Å². The number of amides is 1. The molecule has 0 bridgehead atoms. The number of rotatable bonds is 2. The molecule has 0 aromatic carbocycles. The smallest absolute Gasteiger partial charge is 0.228 e. The number of anilines is 1. The first-order valence-corrected chi connectivity index (χ1v) is 6.11. The second-order valence-electron chi connectivity index (χ2n) is 3.95. The minimum atomic E-state index is 0.0808. The maximum absolute atomic E-state index is 11.9. The van der Waals surface area contributed by atoms with Gasteiger partial charge in [0.25, 0.3) is 0 Å². The minimum absolute atomic E-state index is 0.0808. The van der Waals surface area contributed by atoms with Crippen LogP contribution in [0.5, 0.6) is 0 Å². The zero-order valence-electron chi connectivity index (χ0n) is 9.09. The lowest BCUT2D eigenvalue weighted by Gasteiger charge is -2.11. The number of carbonyl (C=O) groups excluding carboxylic acids is 1. The summed E-state index contributed by atoms with van der Waals surface area (Å²) in [6, 6.07) is 3.70. The van der Waals surface area contributed by atoms with Gasteiger partial charge in [0.05, 0.1) is 17.3 Å². The van der Waals surface area contributed by atoms with Crippen molar-refractivity contribution in [1.82, 2.24) is 10.3 Å². The third-order valence-corrected chi connectivity index (χ3v) is 3.18. The highest BCUT2D eigenvalue weighted by Crippen LogP contribution is 2.18. The van der Waals surface area contributed by atoms with E-state index in [0.29, 0.717) is 0 Å². The Labute approximate surface area is 103 Å². The molecule has 2 N–H and O–H groups in total. The summed E-state index contributed by atoms with van der Waals surface area (Å²) in [7, 11) is 0. The Morgan fingerprint density at radius 1 is 1.62 bits per heavy atom. The van der Waals surface area contributed by atoms with E-state index in [2.05, 4.69) is 31.5 Å². The van der Waals surface area contributed by atoms with Gasteiger partial charge in [0, 0.05) is 6.54 Å². The molecule has 1 aromatic rings. The molecule has 1 fully saturated rings. The van der Waals surface area contributed by atoms with Crippen molar-refractivity contribution in [2.45, 2.75) is 13.3 Å². The molecule has 5 heteroatoms. The van der Waals surface area contributed by atoms with E-state index in [0.717, 1.165) is 35.5 Å². The van der Waals surface area contributed by atoms with E-state index >= 15 is 0 Å². The SMILES string of the molecule is Cc1nc(Br)ccc1NC(=O)C1CCNC1. The normalized spacial score (nSPS) is 19.8. The van der Waals surface area contributed by atoms with Crippen LogP contribution in [0, 0.1) is 12.8 Å². The molecule has 2 rings (SSSR count). The van der Waals surface area contributed by atoms with E-state index in [1.807, 2.05) is 19.1 Å². The molecule has 1 amide bonds. The molecule has 0 spiro atoms. The van der Waals surface area contributed by atoms with Gasteiger partial charge in [-0.1, -0.05) is 0 Å². The maximum atomic E-state index is 11.9. The molecule has 0 radical (unpaired) electrons. The predicted molar refractivity (Wildman–Crippen MR) is 66.3 cm³/mol. The van der Waals surface area contributed by atoms with Crippen LogP contribution < -0.4 is 10.6 Å². The lowest BCUT2D eigenvalue weighted by molar-refractivity contribution is -0.119. The molecular formula is C11H14BrN3O. The fourth-order valence-electron chi connectivity index (χ4n) is 1.78. The molecule has 16 heavy (non-hydrogen) atoms. The summed E-state index contributed by atoms with van der Waals surface area (Å²) >= 11 is 3.29. The number of pyridine rings is 1. The van der Waals surface area contributed by atoms with Crippen molar-refractivity contribution in [1.29, 1.82) is 0 Å². The zero-order chi connectivity index (χ0) is 11.5. The number of nitrogens with one attached hydrogen (secondary N) is 2. The summed E-state index contributed by atoms with van der Waals surface area (Å²) in [4.78, 5) is 16.1. The van der Waals surface area contributed by atoms with Crippen molar-refractivity contribution in [2.75, 3.05) is 18.4 Å². The van der Waals surface area contributed by atoms with Crippen LogP contribution in [0.3, 0.4) is 0 Å². The average Bonchev–Trinajstić information content (AvgIpc) is 2.75. The van der Waals surface area contributed by atoms with E-state index < -0.39 is 0 Å². The van der Waals surface area contributed by atoms with E-state index in [9.17, 15) is 4.79 Å². The van der Waals surface area contributed by atoms with Crippen LogP contribution in [-0.2, 0) is 4.79 Å². The third-order valence-electron chi connectivity index (χ3n) is 2.74. The molecule has 0 aliphatic carbocycles. The van der Waals surface area contributed by atoms with Gasteiger partial charge in [0.1, 0.15) is 4.60 Å². The second kappa shape index (κ2) is 4.93. The Morgan fingerprint density at radius 2 is 2.44 bits per heavy atom. The molecular weight excluding hydrogens is 270 g/mol. The van der Waals surface area contributed by atoms with Crippen LogP contribution in [-0.4, -0.2) is 24.0 Å². The molecule has 1 aliphatic heterocycles. The Bertz CT molecular complexity index is 402. The Kier molecular flexibility index (Phi) is 3.56. The number of aryl methyl sites for hydroxylation is 1.